The summed E-state index contributed by atoms with van der Waals surface area (Å²) in [6, 6.07) is 0. The Morgan fingerprint density at radius 3 is 2.94 bits per heavy atom. The van der Waals surface area contributed by atoms with Gasteiger partial charge in [-0.25, -0.2) is 9.50 Å². The average Bonchev–Trinajstić information content (AvgIpc) is 2.70. The lowest BCUT2D eigenvalue weighted by molar-refractivity contribution is -0.138. The summed E-state index contributed by atoms with van der Waals surface area (Å²) < 4.78 is 1.63. The summed E-state index contributed by atoms with van der Waals surface area (Å²) in [6.07, 6.45) is 6.09. The highest BCUT2D eigenvalue weighted by atomic mass is 16.4. The molecule has 16 heavy (non-hydrogen) atoms. The van der Waals surface area contributed by atoms with Gasteiger partial charge in [0.15, 0.2) is 5.65 Å². The summed E-state index contributed by atoms with van der Waals surface area (Å²) in [7, 11) is 0. The number of carbonyl (C=O) groups is 1. The van der Waals surface area contributed by atoms with Crippen LogP contribution in [0.25, 0.3) is 5.65 Å². The van der Waals surface area contributed by atoms with Crippen molar-refractivity contribution in [2.45, 2.75) is 26.2 Å². The van der Waals surface area contributed by atoms with Gasteiger partial charge in [-0.2, -0.15) is 5.10 Å². The molecule has 0 bridgehead atoms. The molecule has 0 aliphatic rings. The summed E-state index contributed by atoms with van der Waals surface area (Å²) in [5.41, 5.74) is 2.34. The number of nitrogens with zero attached hydrogens (tertiary/aromatic N) is 3. The van der Waals surface area contributed by atoms with Gasteiger partial charge in [-0.05, 0) is 18.9 Å². The summed E-state index contributed by atoms with van der Waals surface area (Å²) in [4.78, 5) is 15.2. The zero-order chi connectivity index (χ0) is 11.7. The zero-order valence-corrected chi connectivity index (χ0v) is 9.21. The fourth-order valence-electron chi connectivity index (χ4n) is 1.55. The Morgan fingerprint density at radius 2 is 2.31 bits per heavy atom. The van der Waals surface area contributed by atoms with Crippen molar-refractivity contribution >= 4 is 11.6 Å². The van der Waals surface area contributed by atoms with Gasteiger partial charge >= 0.3 is 5.97 Å². The predicted octanol–water partition coefficient (Wildman–Crippen LogP) is 1.48. The van der Waals surface area contributed by atoms with Crippen molar-refractivity contribution in [1.29, 1.82) is 0 Å². The summed E-state index contributed by atoms with van der Waals surface area (Å²) in [5, 5.41) is 13.1. The number of carboxylic acid groups (broad SMARTS) is 1. The third kappa shape index (κ3) is 1.64. The summed E-state index contributed by atoms with van der Waals surface area (Å²) in [5.74, 6) is -1.45. The number of aliphatic carboxylic acids is 1. The van der Waals surface area contributed by atoms with Gasteiger partial charge in [-0.15, -0.1) is 0 Å². The van der Waals surface area contributed by atoms with Gasteiger partial charge in [0, 0.05) is 18.0 Å². The second kappa shape index (κ2) is 3.92. The fraction of sp³-hybridized carbons (Fsp3) is 0.364. The summed E-state index contributed by atoms with van der Waals surface area (Å²) >= 11 is 0. The molecular formula is C11H13N3O2. The van der Waals surface area contributed by atoms with E-state index in [1.54, 1.807) is 23.8 Å². The number of aromatic nitrogens is 3. The van der Waals surface area contributed by atoms with Gasteiger partial charge in [0.2, 0.25) is 0 Å². The Labute approximate surface area is 92.7 Å². The number of carboxylic acids is 1. The van der Waals surface area contributed by atoms with E-state index in [9.17, 15) is 4.79 Å². The molecule has 5 heteroatoms. The van der Waals surface area contributed by atoms with E-state index in [1.165, 1.54) is 0 Å². The first-order valence-electron chi connectivity index (χ1n) is 5.18. The lowest BCUT2D eigenvalue weighted by Crippen LogP contribution is -2.07. The van der Waals surface area contributed by atoms with E-state index < -0.39 is 11.9 Å². The van der Waals surface area contributed by atoms with Gasteiger partial charge in [-0.1, -0.05) is 6.92 Å². The Kier molecular flexibility index (Phi) is 2.60. The zero-order valence-electron chi connectivity index (χ0n) is 9.21. The van der Waals surface area contributed by atoms with Gasteiger partial charge < -0.3 is 5.11 Å². The van der Waals surface area contributed by atoms with E-state index >= 15 is 0 Å². The molecule has 0 aromatic carbocycles. The Morgan fingerprint density at radius 1 is 1.56 bits per heavy atom. The lowest BCUT2D eigenvalue weighted by atomic mass is 10.1. The van der Waals surface area contributed by atoms with Gasteiger partial charge in [0.05, 0.1) is 12.1 Å². The van der Waals surface area contributed by atoms with E-state index in [4.69, 9.17) is 5.11 Å². The van der Waals surface area contributed by atoms with E-state index in [2.05, 4.69) is 10.1 Å². The first-order valence-corrected chi connectivity index (χ1v) is 5.18. The highest BCUT2D eigenvalue weighted by Gasteiger charge is 2.19. The van der Waals surface area contributed by atoms with Crippen LogP contribution in [0.15, 0.2) is 18.6 Å². The first kappa shape index (κ1) is 10.6. The van der Waals surface area contributed by atoms with Crippen LogP contribution in [0, 0.1) is 0 Å². The molecule has 0 fully saturated rings. The molecule has 1 N–H and O–H groups in total. The van der Waals surface area contributed by atoms with Crippen molar-refractivity contribution in [2.24, 2.45) is 0 Å². The standard InChI is InChI=1S/C11H13N3O2/c1-3-8-4-12-10-9(7(2)11(15)16)5-13-14(10)6-8/h4-7H,3H2,1-2H3,(H,15,16). The average molecular weight is 219 g/mol. The minimum Gasteiger partial charge on any atom is -0.481 e. The molecule has 0 radical (unpaired) electrons. The van der Waals surface area contributed by atoms with Crippen LogP contribution in [0.4, 0.5) is 0 Å². The molecule has 0 spiro atoms. The van der Waals surface area contributed by atoms with Crippen LogP contribution in [-0.2, 0) is 11.2 Å². The number of hydrogen-bond acceptors (Lipinski definition) is 3. The highest BCUT2D eigenvalue weighted by molar-refractivity contribution is 5.78. The normalized spacial score (nSPS) is 12.9. The van der Waals surface area contributed by atoms with Crippen LogP contribution < -0.4 is 0 Å². The van der Waals surface area contributed by atoms with Crippen molar-refractivity contribution in [3.63, 3.8) is 0 Å². The highest BCUT2D eigenvalue weighted by Crippen LogP contribution is 2.19. The molecule has 2 heterocycles. The SMILES string of the molecule is CCc1cnc2c(C(C)C(=O)O)cnn2c1. The molecule has 2 aromatic rings. The van der Waals surface area contributed by atoms with E-state index in [-0.39, 0.29) is 0 Å². The Hall–Kier alpha value is -1.91. The van der Waals surface area contributed by atoms with Crippen molar-refractivity contribution in [3.05, 3.63) is 29.7 Å². The maximum Gasteiger partial charge on any atom is 0.310 e. The number of hydrogen-bond donors (Lipinski definition) is 1. The van der Waals surface area contributed by atoms with Crippen LogP contribution in [0.5, 0.6) is 0 Å². The maximum atomic E-state index is 10.9. The second-order valence-electron chi connectivity index (χ2n) is 3.74. The molecule has 0 aliphatic carbocycles. The molecule has 2 aromatic heterocycles. The van der Waals surface area contributed by atoms with Crippen molar-refractivity contribution in [3.8, 4) is 0 Å². The van der Waals surface area contributed by atoms with Crippen LogP contribution in [-0.4, -0.2) is 25.7 Å². The second-order valence-corrected chi connectivity index (χ2v) is 3.74. The molecule has 1 atom stereocenters. The number of aryl methyl sites for hydroxylation is 1. The van der Waals surface area contributed by atoms with Gasteiger partial charge in [0.25, 0.3) is 0 Å². The smallest absolute Gasteiger partial charge is 0.310 e. The number of fused-ring (bicyclic) bond motifs is 1. The Balaban J connectivity index is 2.53. The van der Waals surface area contributed by atoms with Crippen molar-refractivity contribution in [2.75, 3.05) is 0 Å². The maximum absolute atomic E-state index is 10.9. The number of rotatable bonds is 3. The monoisotopic (exact) mass is 219 g/mol. The molecule has 0 saturated carbocycles. The fourth-order valence-corrected chi connectivity index (χ4v) is 1.55. The topological polar surface area (TPSA) is 67.5 Å². The van der Waals surface area contributed by atoms with Crippen LogP contribution in [0.3, 0.4) is 0 Å². The molecule has 5 nitrogen and oxygen atoms in total. The molecule has 0 saturated heterocycles. The quantitative estimate of drug-likeness (QED) is 0.849. The lowest BCUT2D eigenvalue weighted by Gasteiger charge is -2.03. The van der Waals surface area contributed by atoms with Crippen molar-refractivity contribution in [1.82, 2.24) is 14.6 Å². The minimum atomic E-state index is -0.865. The molecule has 0 amide bonds. The minimum absolute atomic E-state index is 0.586. The summed E-state index contributed by atoms with van der Waals surface area (Å²) in [6.45, 7) is 3.67. The molecule has 1 unspecified atom stereocenters. The van der Waals surface area contributed by atoms with Crippen LogP contribution >= 0.6 is 0 Å². The molecule has 2 rings (SSSR count). The van der Waals surface area contributed by atoms with E-state index in [0.29, 0.717) is 11.2 Å². The van der Waals surface area contributed by atoms with E-state index in [1.807, 2.05) is 13.1 Å². The third-order valence-electron chi connectivity index (χ3n) is 2.68. The van der Waals surface area contributed by atoms with Gasteiger partial charge in [-0.3, -0.25) is 4.79 Å². The van der Waals surface area contributed by atoms with Crippen LogP contribution in [0.2, 0.25) is 0 Å². The largest absolute Gasteiger partial charge is 0.481 e. The van der Waals surface area contributed by atoms with Gasteiger partial charge in [0.1, 0.15) is 0 Å². The first-order chi connectivity index (χ1) is 7.63. The van der Waals surface area contributed by atoms with Crippen LogP contribution in [0.1, 0.15) is 30.9 Å². The molecule has 84 valence electrons. The van der Waals surface area contributed by atoms with E-state index in [0.717, 1.165) is 12.0 Å². The van der Waals surface area contributed by atoms with Crippen molar-refractivity contribution < 1.29 is 9.90 Å². The Bertz CT molecular complexity index is 533. The molecular weight excluding hydrogens is 206 g/mol. The third-order valence-corrected chi connectivity index (χ3v) is 2.68. The molecule has 0 aliphatic heterocycles. The predicted molar refractivity (Wildman–Crippen MR) is 58.4 cm³/mol.